The van der Waals surface area contributed by atoms with E-state index in [4.69, 9.17) is 62.1 Å². The molecular weight excluding hydrogens is 1770 g/mol. The number of fused-ring (bicyclic) bond motifs is 3. The molecule has 1 aliphatic rings. The molecule has 0 N–H and O–H groups in total. The van der Waals surface area contributed by atoms with Gasteiger partial charge in [-0.1, -0.05) is 217 Å². The Balaban J connectivity index is -0.00000191. The quantitative estimate of drug-likeness (QED) is 0.00903. The van der Waals surface area contributed by atoms with Crippen LogP contribution in [-0.2, 0) is 80.2 Å². The number of aryl methyl sites for hydroxylation is 3. The summed E-state index contributed by atoms with van der Waals surface area (Å²) in [4.78, 5) is 105. The van der Waals surface area contributed by atoms with Crippen LogP contribution in [0.25, 0.3) is 22.3 Å². The zero-order valence-corrected chi connectivity index (χ0v) is 67.9. The van der Waals surface area contributed by atoms with Gasteiger partial charge in [0.25, 0.3) is 0 Å². The number of carbonyl (C=O) groups is 9. The Kier molecular flexibility index (Phi) is 56.0. The summed E-state index contributed by atoms with van der Waals surface area (Å²) in [6.07, 6.45) is -6.18. The number of methoxy groups -OCH3 is 1. The maximum Gasteiger partial charge on any atom is 0.411 e. The van der Waals surface area contributed by atoms with Crippen LogP contribution < -0.4 is 37.9 Å². The molecule has 0 saturated carbocycles. The molecule has 0 atom stereocenters. The Morgan fingerprint density at radius 3 is 0.919 bits per heavy atom. The van der Waals surface area contributed by atoms with E-state index in [9.17, 15) is 69.5 Å². The summed E-state index contributed by atoms with van der Waals surface area (Å²) >= 11 is 0. The van der Waals surface area contributed by atoms with Crippen LogP contribution in [0.1, 0.15) is 165 Å². The number of carbonyl (C=O) groups excluding carboxylic acids is 9. The van der Waals surface area contributed by atoms with Crippen LogP contribution in [0.2, 0.25) is 0 Å². The molecule has 1 aliphatic carbocycles. The molecule has 0 bridgehead atoms. The van der Waals surface area contributed by atoms with Crippen LogP contribution in [0.3, 0.4) is 0 Å². The van der Waals surface area contributed by atoms with Crippen molar-refractivity contribution in [2.75, 3.05) is 41.1 Å². The smallest absolute Gasteiger partial charge is 0.411 e. The van der Waals surface area contributed by atoms with Crippen LogP contribution in [0.4, 0.5) is 26.3 Å². The predicted octanol–water partition coefficient (Wildman–Crippen LogP) is 24.9. The van der Waals surface area contributed by atoms with Crippen molar-refractivity contribution in [3.05, 3.63) is 349 Å². The summed E-state index contributed by atoms with van der Waals surface area (Å²) < 4.78 is 158. The molecule has 0 heterocycles. The van der Waals surface area contributed by atoms with Gasteiger partial charge in [0.05, 0.1) is 22.8 Å². The first-order valence-electron chi connectivity index (χ1n) is 37.8. The van der Waals surface area contributed by atoms with Gasteiger partial charge < -0.3 is 66.3 Å². The fourth-order valence-electron chi connectivity index (χ4n) is 11.7. The molecule has 136 heavy (non-hydrogen) atoms. The minimum absolute atomic E-state index is 0. The monoisotopic (exact) mass is 1890 g/mol. The number of hydrogen-bond donors (Lipinski definition) is 0. The van der Waals surface area contributed by atoms with Crippen molar-refractivity contribution in [3.8, 4) is 74.3 Å². The molecule has 10 aromatic carbocycles. The number of nitriles is 1. The molecule has 730 valence electrons. The van der Waals surface area contributed by atoms with E-state index < -0.39 is 82.6 Å². The lowest BCUT2D eigenvalue weighted by atomic mass is 9.73. The van der Waals surface area contributed by atoms with Crippen LogP contribution in [0.15, 0.2) is 294 Å². The second-order valence-electron chi connectivity index (χ2n) is 26.4. The third kappa shape index (κ3) is 36.8. The van der Waals surface area contributed by atoms with Gasteiger partial charge in [-0.05, 0) is 209 Å². The minimum Gasteiger partial charge on any atom is -0.457 e. The van der Waals surface area contributed by atoms with E-state index in [1.54, 1.807) is 109 Å². The first-order valence-corrected chi connectivity index (χ1v) is 37.8. The highest BCUT2D eigenvalue weighted by Gasteiger charge is 2.72. The molecule has 0 spiro atoms. The van der Waals surface area contributed by atoms with Gasteiger partial charge in [-0.3, -0.25) is 9.59 Å². The molecular formula is C106H121F6NO23. The van der Waals surface area contributed by atoms with Gasteiger partial charge in [0, 0.05) is 56.2 Å². The van der Waals surface area contributed by atoms with Gasteiger partial charge in [0.2, 0.25) is 32.6 Å². The Hall–Kier alpha value is -15.6. The molecule has 0 aromatic heterocycles. The average Bonchev–Trinajstić information content (AvgIpc) is 0.966. The van der Waals surface area contributed by atoms with Crippen molar-refractivity contribution >= 4 is 53.7 Å². The highest BCUT2D eigenvalue weighted by atomic mass is 19.4. The Labute approximate surface area is 793 Å². The van der Waals surface area contributed by atoms with Gasteiger partial charge in [-0.15, -0.1) is 0 Å². The first kappa shape index (κ1) is 124. The number of rotatable bonds is 34. The predicted molar refractivity (Wildman–Crippen MR) is 513 cm³/mol. The Bertz CT molecular complexity index is 5370. The molecule has 24 nitrogen and oxygen atoms in total. The van der Waals surface area contributed by atoms with Crippen molar-refractivity contribution < 1.29 is 136 Å². The number of alkyl halides is 6. The summed E-state index contributed by atoms with van der Waals surface area (Å²) in [6, 6.07) is 59.9. The van der Waals surface area contributed by atoms with E-state index >= 15 is 0 Å². The number of nitrogens with zero attached hydrogens (tertiary/aromatic N) is 1. The SMILES string of the molecule is C.C.C.C.C.C.C.C.C.C.C=CC(=O)OCOC.C=CC(=O)OCOc1ccc(-c2ccc(C#N)cc2)cc1.C=CC(=O)OCOc1ccc(C(=O)Oc2ccc3c(c2)C(C)c2cc(OC(=O)c4ccc(OCOC(=O)C=C)cc4)ccc2-3)cc1.C=CC(=O)OCOc1ccc(CCC(=O)Oc2ccc(C(c3ccc(OC(=O)CCc4ccc(C)cc4)cc3)(C(F)(F)F)C(F)(F)F)cc2)cc1. The second-order valence-corrected chi connectivity index (χ2v) is 26.4. The molecule has 0 unspecified atom stereocenters. The van der Waals surface area contributed by atoms with Crippen molar-refractivity contribution in [2.24, 2.45) is 0 Å². The van der Waals surface area contributed by atoms with E-state index in [1.165, 1.54) is 7.11 Å². The number of hydrogen-bond acceptors (Lipinski definition) is 24. The summed E-state index contributed by atoms with van der Waals surface area (Å²) in [6.45, 7) is 19.2. The zero-order chi connectivity index (χ0) is 91.4. The topological polar surface area (TPSA) is 307 Å². The fraction of sp³-hybridized carbons (Fsp3) is 0.245. The van der Waals surface area contributed by atoms with Gasteiger partial charge in [0.15, 0.2) is 6.79 Å². The van der Waals surface area contributed by atoms with Crippen molar-refractivity contribution in [1.29, 1.82) is 5.26 Å². The molecule has 0 fully saturated rings. The standard InChI is InChI=1S/C38H32F6O7.C36H28O10.C17H13NO3.C5H8O3.10CH4/c1-3-33(45)49-24-48-30-16-8-27(9-17-30)11-23-35(47)51-32-20-14-29(15-21-32)36(37(39,40)41,38(42,43)44)28-12-18-31(19-13-28)50-34(46)22-10-26-6-4-25(2)5-7-26;1-4-33(37)43-20-41-25-10-6-23(7-11-25)35(39)45-27-14-16-29-30-17-15-28(19-32(30)22(3)31(29)18-27)46-36(40)24-8-12-26(13-9-24)42-21-44-34(38)5-2;1-2-17(19)21-12-20-16-9-7-15(8-10-16)14-5-3-13(11-18)4-6-14;1-3-5(6)8-4-7-2;;;;;;;;;;/h3-9,12-21H,1,10-11,22-24H2,2H3;4-19,22H,1-2,20-21H2,3H3;2-10H,1,12H2;3H,1,4H2,2H3;10*1H4. The van der Waals surface area contributed by atoms with Crippen molar-refractivity contribution in [1.82, 2.24) is 0 Å². The van der Waals surface area contributed by atoms with Crippen molar-refractivity contribution in [2.45, 2.75) is 137 Å². The maximum absolute atomic E-state index is 14.6. The van der Waals surface area contributed by atoms with E-state index in [0.29, 0.717) is 87.4 Å². The fourth-order valence-corrected chi connectivity index (χ4v) is 11.7. The molecule has 30 heteroatoms. The van der Waals surface area contributed by atoms with Crippen molar-refractivity contribution in [3.63, 3.8) is 0 Å². The molecule has 0 radical (unpaired) electrons. The normalized spacial score (nSPS) is 10.2. The Morgan fingerprint density at radius 2 is 0.625 bits per heavy atom. The summed E-state index contributed by atoms with van der Waals surface area (Å²) in [5, 5.41) is 8.77. The molecule has 0 aliphatic heterocycles. The first-order chi connectivity index (χ1) is 60.4. The van der Waals surface area contributed by atoms with Gasteiger partial charge >= 0.3 is 66.1 Å². The van der Waals surface area contributed by atoms with Gasteiger partial charge in [-0.25, -0.2) is 33.6 Å². The lowest BCUT2D eigenvalue weighted by Gasteiger charge is -2.38. The van der Waals surface area contributed by atoms with E-state index in [2.05, 4.69) is 48.4 Å². The summed E-state index contributed by atoms with van der Waals surface area (Å²) in [5.74, 6) is -3.37. The van der Waals surface area contributed by atoms with E-state index in [0.717, 1.165) is 99.2 Å². The number of benzene rings is 10. The van der Waals surface area contributed by atoms with Crippen LogP contribution in [-0.4, -0.2) is 107 Å². The number of ether oxygens (including phenoxy) is 14. The van der Waals surface area contributed by atoms with Gasteiger partial charge in [-0.2, -0.15) is 31.6 Å². The van der Waals surface area contributed by atoms with Crippen LogP contribution in [0, 0.1) is 18.3 Å². The second kappa shape index (κ2) is 61.2. The lowest BCUT2D eigenvalue weighted by Crippen LogP contribution is -2.54. The maximum atomic E-state index is 14.6. The number of halogens is 6. The third-order valence-electron chi connectivity index (χ3n) is 18.1. The lowest BCUT2D eigenvalue weighted by molar-refractivity contribution is -0.288. The van der Waals surface area contributed by atoms with Crippen LogP contribution in [0.5, 0.6) is 46.0 Å². The zero-order valence-electron chi connectivity index (χ0n) is 67.9. The summed E-state index contributed by atoms with van der Waals surface area (Å²) in [5.41, 5.74) is 3.01. The van der Waals surface area contributed by atoms with E-state index in [-0.39, 0.29) is 145 Å². The largest absolute Gasteiger partial charge is 0.457 e. The number of esters is 9. The third-order valence-corrected chi connectivity index (χ3v) is 18.1. The molecule has 10 aromatic rings. The highest BCUT2D eigenvalue weighted by molar-refractivity contribution is 5.93. The average molecular weight is 1890 g/mol. The van der Waals surface area contributed by atoms with Crippen LogP contribution >= 0.6 is 0 Å². The summed E-state index contributed by atoms with van der Waals surface area (Å²) in [7, 11) is 1.44. The highest BCUT2D eigenvalue weighted by Crippen LogP contribution is 2.57. The molecule has 0 amide bonds. The van der Waals surface area contributed by atoms with Gasteiger partial charge in [0.1, 0.15) is 46.0 Å². The molecule has 0 saturated heterocycles. The Morgan fingerprint density at radius 1 is 0.353 bits per heavy atom. The van der Waals surface area contributed by atoms with E-state index in [1.807, 2.05) is 86.6 Å². The molecule has 11 rings (SSSR count). The minimum atomic E-state index is -5.85.